The van der Waals surface area contributed by atoms with Gasteiger partial charge in [0, 0.05) is 12.6 Å². The van der Waals surface area contributed by atoms with Gasteiger partial charge in [-0.15, -0.1) is 0 Å². The summed E-state index contributed by atoms with van der Waals surface area (Å²) < 4.78 is 12.7. The van der Waals surface area contributed by atoms with Crippen molar-refractivity contribution in [2.75, 3.05) is 19.7 Å². The molecule has 0 aromatic carbocycles. The minimum atomic E-state index is -0.684. The van der Waals surface area contributed by atoms with E-state index in [4.69, 9.17) is 0 Å². The van der Waals surface area contributed by atoms with Crippen molar-refractivity contribution in [1.82, 2.24) is 9.88 Å². The summed E-state index contributed by atoms with van der Waals surface area (Å²) in [6.45, 7) is 3.97. The van der Waals surface area contributed by atoms with Gasteiger partial charge >= 0.3 is 0 Å². The highest BCUT2D eigenvalue weighted by Crippen LogP contribution is 2.25. The molecule has 2 heterocycles. The summed E-state index contributed by atoms with van der Waals surface area (Å²) in [5.74, 6) is 0.0933. The number of pyridine rings is 1. The minimum absolute atomic E-state index is 0.159. The molecule has 1 aliphatic rings. The van der Waals surface area contributed by atoms with Crippen LogP contribution in [0, 0.1) is 11.7 Å². The first-order valence-corrected chi connectivity index (χ1v) is 6.76. The lowest BCUT2D eigenvalue weighted by Gasteiger charge is -2.25. The summed E-state index contributed by atoms with van der Waals surface area (Å²) in [4.78, 5) is 6.09. The molecule has 1 fully saturated rings. The number of hydrogen-bond acceptors (Lipinski definition) is 4. The number of hydrogen-bond donors (Lipinski definition) is 2. The number of likely N-dealkylation sites (tertiary alicyclic amines) is 1. The second kappa shape index (κ2) is 6.41. The van der Waals surface area contributed by atoms with Crippen LogP contribution in [0.2, 0.25) is 0 Å². The zero-order valence-electron chi connectivity index (χ0n) is 11.2. The molecule has 1 saturated heterocycles. The second-order valence-electron chi connectivity index (χ2n) is 5.26. The first-order chi connectivity index (χ1) is 9.11. The molecule has 106 valence electrons. The van der Waals surface area contributed by atoms with Gasteiger partial charge in [0.15, 0.2) is 0 Å². The summed E-state index contributed by atoms with van der Waals surface area (Å²) in [7, 11) is 0. The van der Waals surface area contributed by atoms with E-state index in [0.29, 0.717) is 18.0 Å². The van der Waals surface area contributed by atoms with E-state index in [2.05, 4.69) is 16.8 Å². The fourth-order valence-corrected chi connectivity index (χ4v) is 2.68. The quantitative estimate of drug-likeness (QED) is 0.846. The number of rotatable bonds is 5. The van der Waals surface area contributed by atoms with Crippen LogP contribution in [0.15, 0.2) is 18.3 Å². The smallest absolute Gasteiger partial charge is 0.141 e. The Bertz CT molecular complexity index is 399. The first-order valence-electron chi connectivity index (χ1n) is 6.76. The van der Waals surface area contributed by atoms with Crippen molar-refractivity contribution in [3.05, 3.63) is 29.8 Å². The molecule has 1 aromatic heterocycles. The maximum absolute atomic E-state index is 12.7. The van der Waals surface area contributed by atoms with Crippen LogP contribution in [0.1, 0.15) is 31.6 Å². The summed E-state index contributed by atoms with van der Waals surface area (Å²) in [5.41, 5.74) is 0.495. The largest absolute Gasteiger partial charge is 0.395 e. The molecule has 3 atom stereocenters. The zero-order valence-corrected chi connectivity index (χ0v) is 11.2. The predicted octanol–water partition coefficient (Wildman–Crippen LogP) is 1.35. The van der Waals surface area contributed by atoms with Gasteiger partial charge in [-0.3, -0.25) is 9.88 Å². The number of nitrogens with zero attached hydrogens (tertiary/aromatic N) is 2. The van der Waals surface area contributed by atoms with Gasteiger partial charge in [-0.25, -0.2) is 4.39 Å². The molecule has 0 aliphatic carbocycles. The van der Waals surface area contributed by atoms with Crippen LogP contribution in [0.4, 0.5) is 4.39 Å². The Morgan fingerprint density at radius 3 is 2.95 bits per heavy atom. The van der Waals surface area contributed by atoms with E-state index in [1.807, 2.05) is 0 Å². The third kappa shape index (κ3) is 3.49. The minimum Gasteiger partial charge on any atom is -0.395 e. The molecule has 3 unspecified atom stereocenters. The summed E-state index contributed by atoms with van der Waals surface area (Å²) in [6, 6.07) is 3.00. The molecule has 1 aromatic rings. The molecule has 0 spiro atoms. The van der Waals surface area contributed by atoms with Gasteiger partial charge in [-0.2, -0.15) is 0 Å². The van der Waals surface area contributed by atoms with Gasteiger partial charge in [0.25, 0.3) is 0 Å². The fourth-order valence-electron chi connectivity index (χ4n) is 2.68. The van der Waals surface area contributed by atoms with Crippen LogP contribution >= 0.6 is 0 Å². The molecule has 0 radical (unpaired) electrons. The Labute approximate surface area is 112 Å². The summed E-state index contributed by atoms with van der Waals surface area (Å²) in [5, 5.41) is 19.4. The van der Waals surface area contributed by atoms with Gasteiger partial charge in [0.2, 0.25) is 0 Å². The highest BCUT2D eigenvalue weighted by molar-refractivity contribution is 5.08. The number of aliphatic hydroxyl groups is 2. The van der Waals surface area contributed by atoms with Crippen LogP contribution in [-0.2, 0) is 0 Å². The first kappa shape index (κ1) is 14.4. The SMILES string of the molecule is CC1CCN(CCC(O)c2ccc(F)cn2)C1CO. The van der Waals surface area contributed by atoms with Gasteiger partial charge in [-0.1, -0.05) is 6.92 Å². The number of halogens is 1. The molecule has 0 saturated carbocycles. The van der Waals surface area contributed by atoms with Crippen molar-refractivity contribution in [2.45, 2.75) is 31.9 Å². The number of aliphatic hydroxyl groups excluding tert-OH is 2. The fraction of sp³-hybridized carbons (Fsp3) is 0.643. The maximum atomic E-state index is 12.7. The van der Waals surface area contributed by atoms with Crippen molar-refractivity contribution >= 4 is 0 Å². The predicted molar refractivity (Wildman–Crippen MR) is 70.0 cm³/mol. The standard InChI is InChI=1S/C14H21FN2O2/c1-10-4-6-17(13(10)9-18)7-5-14(19)12-3-2-11(15)8-16-12/h2-3,8,10,13-14,18-19H,4-7,9H2,1H3. The highest BCUT2D eigenvalue weighted by Gasteiger charge is 2.30. The number of aromatic nitrogens is 1. The Kier molecular flexibility index (Phi) is 4.85. The Morgan fingerprint density at radius 2 is 2.32 bits per heavy atom. The van der Waals surface area contributed by atoms with Gasteiger partial charge in [0.05, 0.1) is 24.6 Å². The Morgan fingerprint density at radius 1 is 1.53 bits per heavy atom. The van der Waals surface area contributed by atoms with Crippen LogP contribution in [0.5, 0.6) is 0 Å². The average molecular weight is 268 g/mol. The molecular formula is C14H21FN2O2. The molecule has 1 aliphatic heterocycles. The van der Waals surface area contributed by atoms with E-state index in [1.54, 1.807) is 0 Å². The van der Waals surface area contributed by atoms with E-state index >= 15 is 0 Å². The molecular weight excluding hydrogens is 247 g/mol. The van der Waals surface area contributed by atoms with Crippen LogP contribution < -0.4 is 0 Å². The second-order valence-corrected chi connectivity index (χ2v) is 5.26. The Balaban J connectivity index is 1.86. The average Bonchev–Trinajstić information content (AvgIpc) is 2.77. The lowest BCUT2D eigenvalue weighted by molar-refractivity contribution is 0.105. The molecule has 2 rings (SSSR count). The van der Waals surface area contributed by atoms with E-state index in [1.165, 1.54) is 12.1 Å². The van der Waals surface area contributed by atoms with Crippen LogP contribution in [-0.4, -0.2) is 45.8 Å². The van der Waals surface area contributed by atoms with E-state index in [9.17, 15) is 14.6 Å². The Hall–Kier alpha value is -1.04. The van der Waals surface area contributed by atoms with Crippen molar-refractivity contribution in [3.8, 4) is 0 Å². The third-order valence-electron chi connectivity index (χ3n) is 3.97. The summed E-state index contributed by atoms with van der Waals surface area (Å²) >= 11 is 0. The van der Waals surface area contributed by atoms with Crippen LogP contribution in [0.25, 0.3) is 0 Å². The van der Waals surface area contributed by atoms with Gasteiger partial charge in [0.1, 0.15) is 5.82 Å². The third-order valence-corrected chi connectivity index (χ3v) is 3.97. The lowest BCUT2D eigenvalue weighted by Crippen LogP contribution is -2.36. The zero-order chi connectivity index (χ0) is 13.8. The van der Waals surface area contributed by atoms with E-state index in [-0.39, 0.29) is 12.6 Å². The molecule has 4 nitrogen and oxygen atoms in total. The normalized spacial score (nSPS) is 25.7. The van der Waals surface area contributed by atoms with Crippen molar-refractivity contribution < 1.29 is 14.6 Å². The molecule has 2 N–H and O–H groups in total. The molecule has 0 bridgehead atoms. The molecule has 5 heteroatoms. The van der Waals surface area contributed by atoms with Crippen molar-refractivity contribution in [2.24, 2.45) is 5.92 Å². The summed E-state index contributed by atoms with van der Waals surface area (Å²) in [6.07, 6.45) is 2.06. The monoisotopic (exact) mass is 268 g/mol. The van der Waals surface area contributed by atoms with Gasteiger partial charge in [-0.05, 0) is 37.4 Å². The van der Waals surface area contributed by atoms with Crippen molar-refractivity contribution in [1.29, 1.82) is 0 Å². The van der Waals surface area contributed by atoms with Crippen LogP contribution in [0.3, 0.4) is 0 Å². The lowest BCUT2D eigenvalue weighted by atomic mass is 10.0. The topological polar surface area (TPSA) is 56.6 Å². The highest BCUT2D eigenvalue weighted by atomic mass is 19.1. The van der Waals surface area contributed by atoms with Gasteiger partial charge < -0.3 is 10.2 Å². The maximum Gasteiger partial charge on any atom is 0.141 e. The van der Waals surface area contributed by atoms with Crippen molar-refractivity contribution in [3.63, 3.8) is 0 Å². The molecule has 0 amide bonds. The molecule has 19 heavy (non-hydrogen) atoms. The van der Waals surface area contributed by atoms with E-state index < -0.39 is 11.9 Å². The van der Waals surface area contributed by atoms with E-state index in [0.717, 1.165) is 25.7 Å².